The lowest BCUT2D eigenvalue weighted by atomic mass is 9.85. The average molecular weight is 821 g/mol. The minimum atomic E-state index is -4.22. The first-order valence-electron chi connectivity index (χ1n) is 20.1. The van der Waals surface area contributed by atoms with E-state index in [1.54, 1.807) is 45.0 Å². The molecule has 1 unspecified atom stereocenters. The number of rotatable bonds is 7. The molecule has 3 heterocycles. The first kappa shape index (κ1) is 41.3. The molecular formula is C39H54F2N6O9S. The van der Waals surface area contributed by atoms with E-state index in [0.717, 1.165) is 32.1 Å². The van der Waals surface area contributed by atoms with Crippen molar-refractivity contribution in [3.63, 3.8) is 0 Å². The van der Waals surface area contributed by atoms with Crippen LogP contribution in [0.4, 0.5) is 13.6 Å². The van der Waals surface area contributed by atoms with Gasteiger partial charge in [0.25, 0.3) is 17.5 Å². The summed E-state index contributed by atoms with van der Waals surface area (Å²) in [4.78, 5) is 61.6. The van der Waals surface area contributed by atoms with Crippen LogP contribution in [0.2, 0.25) is 0 Å². The Balaban J connectivity index is 1.24. The lowest BCUT2D eigenvalue weighted by Crippen LogP contribution is -2.62. The van der Waals surface area contributed by atoms with E-state index in [4.69, 9.17) is 14.5 Å². The summed E-state index contributed by atoms with van der Waals surface area (Å²) in [5.41, 5.74) is -2.95. The number of ether oxygens (including phenoxy) is 2. The Morgan fingerprint density at radius 3 is 2.46 bits per heavy atom. The number of fused-ring (bicyclic) bond motifs is 5. The Morgan fingerprint density at radius 2 is 1.77 bits per heavy atom. The molecule has 4 fully saturated rings. The molecule has 1 aromatic carbocycles. The summed E-state index contributed by atoms with van der Waals surface area (Å²) in [5.74, 6) is -3.33. The van der Waals surface area contributed by atoms with E-state index in [9.17, 15) is 41.5 Å². The molecule has 15 nitrogen and oxygen atoms in total. The summed E-state index contributed by atoms with van der Waals surface area (Å²) in [7, 11) is -4.22. The van der Waals surface area contributed by atoms with Crippen LogP contribution < -0.4 is 25.7 Å². The summed E-state index contributed by atoms with van der Waals surface area (Å²) < 4.78 is 69.2. The number of carbonyl (C=O) groups excluding carboxylic acids is 3. The number of aliphatic hydroxyl groups excluding tert-OH is 1. The van der Waals surface area contributed by atoms with Gasteiger partial charge in [-0.1, -0.05) is 45.7 Å². The Kier molecular flexibility index (Phi) is 11.1. The number of benzene rings is 1. The van der Waals surface area contributed by atoms with Gasteiger partial charge in [-0.3, -0.25) is 29.0 Å². The van der Waals surface area contributed by atoms with Gasteiger partial charge in [-0.15, -0.1) is 0 Å². The summed E-state index contributed by atoms with van der Waals surface area (Å²) in [6.45, 7) is 6.83. The normalized spacial score (nSPS) is 31.3. The van der Waals surface area contributed by atoms with Crippen molar-refractivity contribution in [2.75, 3.05) is 6.54 Å². The molecule has 4 N–H and O–H groups in total. The van der Waals surface area contributed by atoms with Gasteiger partial charge in [0.05, 0.1) is 28.2 Å². The number of aliphatic hydroxyl groups is 1. The molecule has 18 heteroatoms. The number of sulfonamides is 1. The van der Waals surface area contributed by atoms with Gasteiger partial charge < -0.3 is 24.8 Å². The lowest BCUT2D eigenvalue weighted by molar-refractivity contribution is -0.140. The van der Waals surface area contributed by atoms with Crippen molar-refractivity contribution in [1.29, 1.82) is 0 Å². The van der Waals surface area contributed by atoms with Crippen molar-refractivity contribution < 1.29 is 46.2 Å². The van der Waals surface area contributed by atoms with Crippen molar-refractivity contribution in [3.05, 3.63) is 34.6 Å². The first-order chi connectivity index (χ1) is 26.8. The van der Waals surface area contributed by atoms with Gasteiger partial charge in [-0.2, -0.15) is 4.98 Å². The second kappa shape index (κ2) is 15.4. The topological polar surface area (TPSA) is 198 Å². The fourth-order valence-electron chi connectivity index (χ4n) is 8.72. The third-order valence-electron chi connectivity index (χ3n) is 12.7. The fourth-order valence-corrected chi connectivity index (χ4v) is 10.0. The van der Waals surface area contributed by atoms with Crippen molar-refractivity contribution >= 4 is 38.8 Å². The number of halogens is 2. The molecule has 3 amide bonds. The van der Waals surface area contributed by atoms with E-state index in [2.05, 4.69) is 10.6 Å². The molecule has 7 rings (SSSR count). The maximum atomic E-state index is 14.7. The number of nitrogens with zero attached hydrogens (tertiary/aromatic N) is 3. The highest BCUT2D eigenvalue weighted by atomic mass is 32.2. The monoisotopic (exact) mass is 820 g/mol. The number of nitrogens with one attached hydrogen (secondary N) is 3. The zero-order chi connectivity index (χ0) is 41.1. The number of carbonyl (C=O) groups is 3. The number of alkyl halides is 2. The van der Waals surface area contributed by atoms with Crippen LogP contribution in [0.1, 0.15) is 98.3 Å². The molecule has 5 aliphatic rings. The van der Waals surface area contributed by atoms with Crippen molar-refractivity contribution in [2.45, 2.75) is 152 Å². The molecule has 0 spiro atoms. The molecule has 1 aromatic heterocycles. The van der Waals surface area contributed by atoms with E-state index in [1.807, 2.05) is 4.72 Å². The highest BCUT2D eigenvalue weighted by Crippen LogP contribution is 2.50. The van der Waals surface area contributed by atoms with Gasteiger partial charge in [0.2, 0.25) is 22.4 Å². The minimum absolute atomic E-state index is 0.0137. The van der Waals surface area contributed by atoms with Gasteiger partial charge in [-0.25, -0.2) is 22.0 Å². The zero-order valence-electron chi connectivity index (χ0n) is 32.8. The molecule has 57 heavy (non-hydrogen) atoms. The Bertz CT molecular complexity index is 2060. The van der Waals surface area contributed by atoms with Crippen LogP contribution in [0.5, 0.6) is 6.01 Å². The van der Waals surface area contributed by atoms with Crippen LogP contribution in [0, 0.1) is 17.3 Å². The third kappa shape index (κ3) is 8.22. The number of hydrogen-bond donors (Lipinski definition) is 4. The predicted molar refractivity (Wildman–Crippen MR) is 204 cm³/mol. The number of amides is 3. The van der Waals surface area contributed by atoms with E-state index < -0.39 is 86.8 Å². The van der Waals surface area contributed by atoms with E-state index in [-0.39, 0.29) is 36.6 Å². The highest BCUT2D eigenvalue weighted by molar-refractivity contribution is 7.91. The zero-order valence-corrected chi connectivity index (χ0v) is 33.7. The molecule has 314 valence electrons. The summed E-state index contributed by atoms with van der Waals surface area (Å²) >= 11 is 0. The van der Waals surface area contributed by atoms with E-state index >= 15 is 0 Å². The number of para-hydroxylation sites is 1. The van der Waals surface area contributed by atoms with Crippen LogP contribution in [0.3, 0.4) is 0 Å². The predicted octanol–water partition coefficient (Wildman–Crippen LogP) is 3.56. The molecule has 1 saturated heterocycles. The summed E-state index contributed by atoms with van der Waals surface area (Å²) in [6, 6.07) is 4.46. The molecule has 2 bridgehead atoms. The molecule has 2 aliphatic heterocycles. The van der Waals surface area contributed by atoms with Crippen molar-refractivity contribution in [2.24, 2.45) is 17.3 Å². The SMILES string of the molecule is CC(C)(C)[C@@H]1NC(=O)O[C@@H]2CCC[C@H]2CCCCCn2c(nc3ccccc3c2=O)O[C@@H]2C[C@@H](C(O)N[C@]3(C(=O)NS(=O)(=O)C4(C)CC4)C[C@H]3C(F)F)N(C2)C1=O. The van der Waals surface area contributed by atoms with Crippen molar-refractivity contribution in [1.82, 2.24) is 29.8 Å². The van der Waals surface area contributed by atoms with Crippen LogP contribution in [-0.2, 0) is 30.9 Å². The quantitative estimate of drug-likeness (QED) is 0.298. The number of aromatic nitrogens is 2. The van der Waals surface area contributed by atoms with E-state index in [1.165, 1.54) is 16.4 Å². The lowest BCUT2D eigenvalue weighted by Gasteiger charge is -2.37. The van der Waals surface area contributed by atoms with E-state index in [0.29, 0.717) is 43.1 Å². The first-order valence-corrected chi connectivity index (χ1v) is 21.6. The summed E-state index contributed by atoms with van der Waals surface area (Å²) in [6.07, 6.45) is -1.26. The number of hydrogen-bond acceptors (Lipinski definition) is 11. The van der Waals surface area contributed by atoms with Crippen molar-refractivity contribution in [3.8, 4) is 6.01 Å². The maximum Gasteiger partial charge on any atom is 0.408 e. The van der Waals surface area contributed by atoms with Gasteiger partial charge in [-0.05, 0) is 81.8 Å². The molecule has 2 aromatic rings. The molecule has 3 saturated carbocycles. The molecule has 0 radical (unpaired) electrons. The Morgan fingerprint density at radius 1 is 1.05 bits per heavy atom. The van der Waals surface area contributed by atoms with Gasteiger partial charge in [0, 0.05) is 18.9 Å². The van der Waals surface area contributed by atoms with Crippen LogP contribution in [-0.4, -0.2) is 99.7 Å². The molecule has 8 atom stereocenters. The standard InChI is InChI=1S/C39H54F2N6O9S/c1-37(2,3)29-33(50)47-21-23(19-27(47)31(48)44-39(20-25(39)30(40)41)34(51)45-57(53,54)38(4)16-17-38)55-35-42-26-14-8-7-13-24(26)32(49)46(35)18-9-5-6-11-22-12-10-15-28(22)56-36(52)43-29/h7-8,13-14,22-23,25,27-31,44,48H,5-6,9-12,15-21H2,1-4H3,(H,43,52)(H,45,51)/t22-,23-,25+,27+,28-,29-,31?,39-/m1/s1. The van der Waals surface area contributed by atoms with Crippen LogP contribution in [0.25, 0.3) is 10.9 Å². The van der Waals surface area contributed by atoms with Gasteiger partial charge in [0.1, 0.15) is 30.0 Å². The highest BCUT2D eigenvalue weighted by Gasteiger charge is 2.67. The Labute approximate surface area is 330 Å². The second-order valence-electron chi connectivity index (χ2n) is 17.9. The second-order valence-corrected chi connectivity index (χ2v) is 20.1. The summed E-state index contributed by atoms with van der Waals surface area (Å²) in [5, 5.41) is 17.7. The average Bonchev–Trinajstić information content (AvgIpc) is 3.97. The smallest absolute Gasteiger partial charge is 0.408 e. The maximum absolute atomic E-state index is 14.7. The fraction of sp³-hybridized carbons (Fsp3) is 0.718. The largest absolute Gasteiger partial charge is 0.459 e. The third-order valence-corrected chi connectivity index (χ3v) is 14.9. The number of alkyl carbamates (subject to hydrolysis) is 1. The minimum Gasteiger partial charge on any atom is -0.459 e. The molecule has 3 aliphatic carbocycles. The molecular weight excluding hydrogens is 767 g/mol. The van der Waals surface area contributed by atoms with Crippen LogP contribution >= 0.6 is 0 Å². The van der Waals surface area contributed by atoms with Gasteiger partial charge >= 0.3 is 6.09 Å². The Hall–Kier alpha value is -3.90. The van der Waals surface area contributed by atoms with Crippen LogP contribution in [0.15, 0.2) is 29.1 Å². The van der Waals surface area contributed by atoms with Gasteiger partial charge in [0.15, 0.2) is 0 Å².